The van der Waals surface area contributed by atoms with Crippen molar-refractivity contribution in [2.45, 2.75) is 7.91 Å². The number of hydrogen-bond donors (Lipinski definition) is 0. The summed E-state index contributed by atoms with van der Waals surface area (Å²) >= 11 is 7.65. The number of rotatable bonds is 1. The predicted molar refractivity (Wildman–Crippen MR) is 40.6 cm³/mol. The van der Waals surface area contributed by atoms with Gasteiger partial charge in [-0.25, -0.2) is 4.39 Å². The molecule has 0 bridgehead atoms. The molecule has 38 valence electrons. The fourth-order valence-corrected chi connectivity index (χ4v) is 0. The molecule has 0 spiro atoms. The molecule has 2 atom stereocenters. The summed E-state index contributed by atoms with van der Waals surface area (Å²) in [5, 5.41) is -0.932. The molecule has 0 radical (unpaired) electrons. The molecule has 0 amide bonds. The summed E-state index contributed by atoms with van der Waals surface area (Å²) in [6, 6.07) is 0. The van der Waals surface area contributed by atoms with Gasteiger partial charge in [0.25, 0.3) is 0 Å². The van der Waals surface area contributed by atoms with Crippen LogP contribution < -0.4 is 0 Å². The minimum absolute atomic E-state index is 0.116. The van der Waals surface area contributed by atoms with Crippen LogP contribution in [0.15, 0.2) is 0 Å². The van der Waals surface area contributed by atoms with E-state index in [-0.39, 0.29) is 2.83 Å². The van der Waals surface area contributed by atoms with Crippen LogP contribution in [0.2, 0.25) is 0 Å². The van der Waals surface area contributed by atoms with Gasteiger partial charge in [-0.15, -0.1) is 0 Å². The van der Waals surface area contributed by atoms with Crippen molar-refractivity contribution in [2.24, 2.45) is 0 Å². The lowest BCUT2D eigenvalue weighted by molar-refractivity contribution is 0.495. The molecular formula is C2H2Br2FI. The van der Waals surface area contributed by atoms with Crippen molar-refractivity contribution in [1.82, 2.24) is 0 Å². The highest BCUT2D eigenvalue weighted by atomic mass is 127. The summed E-state index contributed by atoms with van der Waals surface area (Å²) in [6.45, 7) is 0. The maximum absolute atomic E-state index is 11.7. The van der Waals surface area contributed by atoms with E-state index in [0.717, 1.165) is 0 Å². The van der Waals surface area contributed by atoms with E-state index in [1.54, 1.807) is 0 Å². The minimum atomic E-state index is -0.932. The summed E-state index contributed by atoms with van der Waals surface area (Å²) in [5.41, 5.74) is 0. The molecule has 0 nitrogen and oxygen atoms in total. The second-order valence-corrected chi connectivity index (χ2v) is 5.58. The van der Waals surface area contributed by atoms with Gasteiger partial charge in [-0.2, -0.15) is 0 Å². The van der Waals surface area contributed by atoms with Crippen LogP contribution in [0.3, 0.4) is 0 Å². The Morgan fingerprint density at radius 1 is 1.50 bits per heavy atom. The van der Waals surface area contributed by atoms with Crippen molar-refractivity contribution in [3.05, 3.63) is 0 Å². The average Bonchev–Trinajstić information content (AvgIpc) is 1.36. The van der Waals surface area contributed by atoms with Crippen molar-refractivity contribution < 1.29 is 4.39 Å². The second-order valence-electron chi connectivity index (χ2n) is 0.669. The monoisotopic (exact) mass is 330 g/mol. The molecule has 0 unspecified atom stereocenters. The van der Waals surface area contributed by atoms with Gasteiger partial charge in [0.05, 0.1) is 0 Å². The maximum Gasteiger partial charge on any atom is 0.176 e. The fourth-order valence-electron chi connectivity index (χ4n) is 0. The van der Waals surface area contributed by atoms with Crippen molar-refractivity contribution >= 4 is 54.5 Å². The molecule has 6 heavy (non-hydrogen) atoms. The molecule has 0 aromatic rings. The van der Waals surface area contributed by atoms with Crippen molar-refractivity contribution in [1.29, 1.82) is 0 Å². The molecule has 0 heterocycles. The van der Waals surface area contributed by atoms with Gasteiger partial charge in [-0.1, -0.05) is 38.5 Å². The quantitative estimate of drug-likeness (QED) is 0.512. The Hall–Kier alpha value is 1.62. The lowest BCUT2D eigenvalue weighted by atomic mass is 10.9. The van der Waals surface area contributed by atoms with Gasteiger partial charge in [0, 0.05) is 0 Å². The highest BCUT2D eigenvalue weighted by Gasteiger charge is 2.07. The van der Waals surface area contributed by atoms with Crippen molar-refractivity contribution in [3.8, 4) is 0 Å². The Bertz CT molecular complexity index is 32.5. The zero-order valence-electron chi connectivity index (χ0n) is 2.67. The first-order chi connectivity index (χ1) is 2.64. The lowest BCUT2D eigenvalue weighted by Gasteiger charge is -1.95. The molecule has 0 aliphatic carbocycles. The van der Waals surface area contributed by atoms with Gasteiger partial charge in [0.1, 0.15) is 2.83 Å². The van der Waals surface area contributed by atoms with E-state index in [1.807, 2.05) is 22.6 Å². The SMILES string of the molecule is F[C@H]([79Br])[C@@H]([79Br])I. The van der Waals surface area contributed by atoms with Gasteiger partial charge in [-0.3, -0.25) is 0 Å². The van der Waals surface area contributed by atoms with Gasteiger partial charge < -0.3 is 0 Å². The highest BCUT2D eigenvalue weighted by molar-refractivity contribution is 14.1. The molecule has 0 aliphatic rings. The van der Waals surface area contributed by atoms with E-state index < -0.39 is 5.08 Å². The number of hydrogen-bond acceptors (Lipinski definition) is 0. The highest BCUT2D eigenvalue weighted by Crippen LogP contribution is 2.20. The van der Waals surface area contributed by atoms with Gasteiger partial charge in [-0.05, 0) is 15.9 Å². The molecule has 0 N–H and O–H groups in total. The summed E-state index contributed by atoms with van der Waals surface area (Å²) in [4.78, 5) is 0. The van der Waals surface area contributed by atoms with E-state index in [1.165, 1.54) is 0 Å². The van der Waals surface area contributed by atoms with Crippen LogP contribution in [0.4, 0.5) is 4.39 Å². The molecule has 0 aromatic heterocycles. The Morgan fingerprint density at radius 2 is 1.67 bits per heavy atom. The zero-order valence-corrected chi connectivity index (χ0v) is 8.00. The molecule has 4 heteroatoms. The van der Waals surface area contributed by atoms with E-state index in [4.69, 9.17) is 0 Å². The Balaban J connectivity index is 2.99. The predicted octanol–water partition coefficient (Wildman–Crippen LogP) is 2.83. The van der Waals surface area contributed by atoms with Crippen molar-refractivity contribution in [3.63, 3.8) is 0 Å². The van der Waals surface area contributed by atoms with Gasteiger partial charge in [0.2, 0.25) is 0 Å². The first-order valence-electron chi connectivity index (χ1n) is 1.21. The van der Waals surface area contributed by atoms with Crippen LogP contribution in [0.5, 0.6) is 0 Å². The maximum atomic E-state index is 11.7. The molecule has 0 saturated heterocycles. The van der Waals surface area contributed by atoms with Crippen molar-refractivity contribution in [2.75, 3.05) is 0 Å². The van der Waals surface area contributed by atoms with E-state index in [2.05, 4.69) is 31.9 Å². The lowest BCUT2D eigenvalue weighted by Crippen LogP contribution is -1.95. The topological polar surface area (TPSA) is 0 Å². The van der Waals surface area contributed by atoms with Gasteiger partial charge in [0.15, 0.2) is 5.08 Å². The van der Waals surface area contributed by atoms with Crippen LogP contribution in [-0.2, 0) is 0 Å². The van der Waals surface area contributed by atoms with Crippen LogP contribution >= 0.6 is 54.5 Å². The molecule has 0 rings (SSSR count). The smallest absolute Gasteiger partial charge is 0.176 e. The Kier molecular flexibility index (Phi) is 4.57. The van der Waals surface area contributed by atoms with E-state index >= 15 is 0 Å². The first-order valence-corrected chi connectivity index (χ1v) is 4.28. The standard InChI is InChI=1S/C2H2Br2FI/c3-1(5)2(4)6/h1-2H/t1-,2-/m0/s1/i3-1,4-1. The van der Waals surface area contributed by atoms with Gasteiger partial charge >= 0.3 is 0 Å². The summed E-state index contributed by atoms with van der Waals surface area (Å²) in [5.74, 6) is 0. The second kappa shape index (κ2) is 3.60. The van der Waals surface area contributed by atoms with Crippen LogP contribution in [0.1, 0.15) is 0 Å². The molecule has 0 fully saturated rings. The summed E-state index contributed by atoms with van der Waals surface area (Å²) in [7, 11) is 0. The third-order valence-corrected chi connectivity index (χ3v) is 3.51. The molecule has 0 saturated carbocycles. The first kappa shape index (κ1) is 7.62. The summed E-state index contributed by atoms with van der Waals surface area (Å²) in [6.07, 6.45) is 0. The van der Waals surface area contributed by atoms with E-state index in [9.17, 15) is 4.39 Å². The molecule has 0 aromatic carbocycles. The van der Waals surface area contributed by atoms with E-state index in [0.29, 0.717) is 0 Å². The number of alkyl halides is 4. The largest absolute Gasteiger partial charge is 0.233 e. The normalized spacial score (nSPS) is 20.0. The zero-order chi connectivity index (χ0) is 5.15. The number of halogens is 4. The third kappa shape index (κ3) is 3.80. The van der Waals surface area contributed by atoms with Crippen LogP contribution in [0, 0.1) is 0 Å². The minimum Gasteiger partial charge on any atom is -0.233 e. The van der Waals surface area contributed by atoms with Crippen LogP contribution in [0.25, 0.3) is 0 Å². The molecule has 0 aliphatic heterocycles. The third-order valence-electron chi connectivity index (χ3n) is 0.190. The average molecular weight is 330 g/mol. The van der Waals surface area contributed by atoms with Crippen LogP contribution in [-0.4, -0.2) is 7.91 Å². The Labute approximate surface area is 66.3 Å². The summed E-state index contributed by atoms with van der Waals surface area (Å²) < 4.78 is 11.6. The molecular weight excluding hydrogens is 328 g/mol. The Morgan fingerprint density at radius 3 is 1.67 bits per heavy atom. The fraction of sp³-hybridized carbons (Fsp3) is 1.00.